The van der Waals surface area contributed by atoms with Crippen LogP contribution in [0.3, 0.4) is 0 Å². The van der Waals surface area contributed by atoms with Crippen LogP contribution in [0.5, 0.6) is 5.75 Å². The third kappa shape index (κ3) is 5.93. The molecule has 1 aromatic rings. The van der Waals surface area contributed by atoms with Gasteiger partial charge in [-0.1, -0.05) is 24.1 Å². The van der Waals surface area contributed by atoms with E-state index in [0.29, 0.717) is 19.5 Å². The van der Waals surface area contributed by atoms with Gasteiger partial charge in [0.15, 0.2) is 0 Å². The van der Waals surface area contributed by atoms with Crippen LogP contribution in [-0.2, 0) is 4.79 Å². The van der Waals surface area contributed by atoms with Gasteiger partial charge in [0.05, 0.1) is 13.2 Å². The lowest BCUT2D eigenvalue weighted by atomic mass is 10.0. The van der Waals surface area contributed by atoms with Crippen LogP contribution in [0.2, 0.25) is 0 Å². The minimum atomic E-state index is -0.205. The van der Waals surface area contributed by atoms with Gasteiger partial charge >= 0.3 is 6.03 Å². The number of likely N-dealkylation sites (tertiary alicyclic amines) is 1. The van der Waals surface area contributed by atoms with E-state index >= 15 is 0 Å². The molecule has 0 radical (unpaired) electrons. The lowest BCUT2D eigenvalue weighted by Gasteiger charge is -2.21. The highest BCUT2D eigenvalue weighted by Crippen LogP contribution is 2.25. The Balaban J connectivity index is 1.74. The Kier molecular flexibility index (Phi) is 7.75. The van der Waals surface area contributed by atoms with E-state index < -0.39 is 0 Å². The minimum absolute atomic E-state index is 0.156. The lowest BCUT2D eigenvalue weighted by Crippen LogP contribution is -2.39. The summed E-state index contributed by atoms with van der Waals surface area (Å²) >= 11 is 0. The molecule has 2 rings (SSSR count). The van der Waals surface area contributed by atoms with Crippen LogP contribution in [0.15, 0.2) is 18.2 Å². The third-order valence-corrected chi connectivity index (χ3v) is 4.76. The number of ether oxygens (including phenoxy) is 1. The Bertz CT molecular complexity index is 618. The molecule has 1 fully saturated rings. The maximum atomic E-state index is 12.1. The maximum Gasteiger partial charge on any atom is 0.315 e. The summed E-state index contributed by atoms with van der Waals surface area (Å²) in [5.74, 6) is 1.01. The molecule has 1 aliphatic heterocycles. The highest BCUT2D eigenvalue weighted by atomic mass is 16.5. The highest BCUT2D eigenvalue weighted by Gasteiger charge is 2.16. The van der Waals surface area contributed by atoms with Crippen LogP contribution >= 0.6 is 0 Å². The third-order valence-electron chi connectivity index (χ3n) is 4.76. The van der Waals surface area contributed by atoms with Crippen molar-refractivity contribution in [3.8, 4) is 5.75 Å². The quantitative estimate of drug-likeness (QED) is 0.733. The molecule has 3 amide bonds. The van der Waals surface area contributed by atoms with E-state index in [0.717, 1.165) is 49.1 Å². The van der Waals surface area contributed by atoms with E-state index in [1.54, 1.807) is 7.11 Å². The van der Waals surface area contributed by atoms with Crippen molar-refractivity contribution in [1.82, 2.24) is 15.5 Å². The van der Waals surface area contributed by atoms with Crippen LogP contribution in [0.4, 0.5) is 4.79 Å². The number of hydrogen-bond acceptors (Lipinski definition) is 3. The van der Waals surface area contributed by atoms with Gasteiger partial charge in [0.25, 0.3) is 0 Å². The molecule has 1 aromatic carbocycles. The predicted octanol–water partition coefficient (Wildman–Crippen LogP) is 3.16. The van der Waals surface area contributed by atoms with E-state index in [4.69, 9.17) is 4.74 Å². The Labute approximate surface area is 156 Å². The van der Waals surface area contributed by atoms with Crippen molar-refractivity contribution in [3.63, 3.8) is 0 Å². The normalized spacial score (nSPS) is 16.0. The first-order valence-corrected chi connectivity index (χ1v) is 9.48. The Morgan fingerprint density at radius 1 is 1.31 bits per heavy atom. The van der Waals surface area contributed by atoms with Crippen molar-refractivity contribution < 1.29 is 14.3 Å². The summed E-state index contributed by atoms with van der Waals surface area (Å²) < 4.78 is 5.38. The minimum Gasteiger partial charge on any atom is -0.496 e. The van der Waals surface area contributed by atoms with Crippen molar-refractivity contribution in [2.24, 2.45) is 0 Å². The molecule has 0 bridgehead atoms. The number of rotatable bonds is 7. The molecule has 1 saturated heterocycles. The second-order valence-electron chi connectivity index (χ2n) is 6.91. The standard InChI is InChI=1S/C20H31N3O3/c1-15-9-10-18(26-3)17(14-15)16(2)22-20(25)21-11-7-13-23-12-6-4-5-8-19(23)24/h9-10,14,16H,4-8,11-13H2,1-3H3,(H2,21,22,25). The zero-order chi connectivity index (χ0) is 18.9. The number of hydrogen-bond donors (Lipinski definition) is 2. The average molecular weight is 361 g/mol. The van der Waals surface area contributed by atoms with Gasteiger partial charge in [0.1, 0.15) is 5.75 Å². The van der Waals surface area contributed by atoms with Gasteiger partial charge in [-0.3, -0.25) is 4.79 Å². The number of methoxy groups -OCH3 is 1. The fourth-order valence-electron chi connectivity index (χ4n) is 3.26. The predicted molar refractivity (Wildman–Crippen MR) is 102 cm³/mol. The summed E-state index contributed by atoms with van der Waals surface area (Å²) in [5, 5.41) is 5.82. The summed E-state index contributed by atoms with van der Waals surface area (Å²) in [4.78, 5) is 26.0. The summed E-state index contributed by atoms with van der Waals surface area (Å²) in [6, 6.07) is 5.56. The van der Waals surface area contributed by atoms with Crippen LogP contribution in [0.25, 0.3) is 0 Å². The molecule has 1 atom stereocenters. The van der Waals surface area contributed by atoms with Gasteiger partial charge in [0, 0.05) is 31.6 Å². The summed E-state index contributed by atoms with van der Waals surface area (Å²) in [7, 11) is 1.63. The molecule has 1 unspecified atom stereocenters. The van der Waals surface area contributed by atoms with Gasteiger partial charge in [-0.2, -0.15) is 0 Å². The zero-order valence-electron chi connectivity index (χ0n) is 16.1. The van der Waals surface area contributed by atoms with Crippen molar-refractivity contribution in [1.29, 1.82) is 0 Å². The molecule has 144 valence electrons. The molecule has 0 aromatic heterocycles. The number of aryl methyl sites for hydroxylation is 1. The molecule has 0 saturated carbocycles. The number of nitrogens with one attached hydrogen (secondary N) is 2. The van der Waals surface area contributed by atoms with Crippen molar-refractivity contribution in [3.05, 3.63) is 29.3 Å². The van der Waals surface area contributed by atoms with Crippen molar-refractivity contribution in [2.45, 2.75) is 52.0 Å². The van der Waals surface area contributed by atoms with E-state index in [1.165, 1.54) is 0 Å². The number of amides is 3. The molecule has 2 N–H and O–H groups in total. The van der Waals surface area contributed by atoms with E-state index in [2.05, 4.69) is 10.6 Å². The van der Waals surface area contributed by atoms with Gasteiger partial charge in [0.2, 0.25) is 5.91 Å². The topological polar surface area (TPSA) is 70.7 Å². The number of carbonyl (C=O) groups excluding carboxylic acids is 2. The maximum absolute atomic E-state index is 12.1. The van der Waals surface area contributed by atoms with E-state index in [-0.39, 0.29) is 18.0 Å². The molecular formula is C20H31N3O3. The van der Waals surface area contributed by atoms with Gasteiger partial charge in [-0.15, -0.1) is 0 Å². The lowest BCUT2D eigenvalue weighted by molar-refractivity contribution is -0.130. The van der Waals surface area contributed by atoms with Crippen molar-refractivity contribution >= 4 is 11.9 Å². The fraction of sp³-hybridized carbons (Fsp3) is 0.600. The number of nitrogens with zero attached hydrogens (tertiary/aromatic N) is 1. The summed E-state index contributed by atoms with van der Waals surface area (Å²) in [5.41, 5.74) is 2.08. The van der Waals surface area contributed by atoms with Crippen LogP contribution in [-0.4, -0.2) is 43.6 Å². The average Bonchev–Trinajstić information content (AvgIpc) is 2.83. The van der Waals surface area contributed by atoms with Gasteiger partial charge < -0.3 is 20.3 Å². The molecular weight excluding hydrogens is 330 g/mol. The van der Waals surface area contributed by atoms with Gasteiger partial charge in [-0.05, 0) is 39.2 Å². The Hall–Kier alpha value is -2.24. The molecule has 1 heterocycles. The monoisotopic (exact) mass is 361 g/mol. The van der Waals surface area contributed by atoms with E-state index in [9.17, 15) is 9.59 Å². The molecule has 6 nitrogen and oxygen atoms in total. The van der Waals surface area contributed by atoms with Gasteiger partial charge in [-0.25, -0.2) is 4.79 Å². The molecule has 1 aliphatic rings. The number of benzene rings is 1. The largest absolute Gasteiger partial charge is 0.496 e. The second kappa shape index (κ2) is 10.0. The first-order chi connectivity index (χ1) is 12.5. The highest BCUT2D eigenvalue weighted by molar-refractivity contribution is 5.76. The Morgan fingerprint density at radius 3 is 2.88 bits per heavy atom. The first kappa shape index (κ1) is 20.1. The number of urea groups is 1. The van der Waals surface area contributed by atoms with Crippen molar-refractivity contribution in [2.75, 3.05) is 26.7 Å². The van der Waals surface area contributed by atoms with Crippen LogP contribution in [0, 0.1) is 6.92 Å². The summed E-state index contributed by atoms with van der Waals surface area (Å²) in [6.45, 7) is 6.05. The molecule has 0 aliphatic carbocycles. The zero-order valence-corrected chi connectivity index (χ0v) is 16.1. The smallest absolute Gasteiger partial charge is 0.315 e. The molecule has 26 heavy (non-hydrogen) atoms. The Morgan fingerprint density at radius 2 is 2.12 bits per heavy atom. The SMILES string of the molecule is COc1ccc(C)cc1C(C)NC(=O)NCCCN1CCCCCC1=O. The molecule has 6 heteroatoms. The number of carbonyl (C=O) groups is 2. The second-order valence-corrected chi connectivity index (χ2v) is 6.91. The van der Waals surface area contributed by atoms with Crippen LogP contribution < -0.4 is 15.4 Å². The van der Waals surface area contributed by atoms with Crippen LogP contribution in [0.1, 0.15) is 56.2 Å². The van der Waals surface area contributed by atoms with E-state index in [1.807, 2.05) is 36.9 Å². The fourth-order valence-corrected chi connectivity index (χ4v) is 3.26. The summed E-state index contributed by atoms with van der Waals surface area (Å²) in [6.07, 6.45) is 4.63. The molecule has 0 spiro atoms. The first-order valence-electron chi connectivity index (χ1n) is 9.48.